The van der Waals surface area contributed by atoms with E-state index in [0.29, 0.717) is 0 Å². The predicted octanol–water partition coefficient (Wildman–Crippen LogP) is 6.83. The van der Waals surface area contributed by atoms with Gasteiger partial charge in [0.05, 0.1) is 5.52 Å². The van der Waals surface area contributed by atoms with E-state index < -0.39 is 0 Å². The summed E-state index contributed by atoms with van der Waals surface area (Å²) in [4.78, 5) is 8.90. The molecule has 0 bridgehead atoms. The number of aromatic nitrogens is 3. The van der Waals surface area contributed by atoms with Crippen LogP contribution in [0.5, 0.6) is 0 Å². The highest BCUT2D eigenvalue weighted by Gasteiger charge is 2.18. The Morgan fingerprint density at radius 1 is 0.645 bits per heavy atom. The van der Waals surface area contributed by atoms with E-state index in [1.807, 2.05) is 49.1 Å². The number of hydrogen-bond donors (Lipinski definition) is 0. The third kappa shape index (κ3) is 1.82. The first-order chi connectivity index (χ1) is 15.4. The minimum absolute atomic E-state index is 0.852. The molecule has 0 atom stereocenters. The molecule has 5 heterocycles. The average molecular weight is 399 g/mol. The number of imidazole rings is 1. The Labute approximate surface area is 174 Å². The fraction of sp³-hybridized carbons (Fsp3) is 0. The second-order valence-electron chi connectivity index (χ2n) is 7.93. The number of fused-ring (bicyclic) bond motifs is 13. The second-order valence-corrected chi connectivity index (χ2v) is 7.93. The lowest BCUT2D eigenvalue weighted by Crippen LogP contribution is -1.91. The van der Waals surface area contributed by atoms with Crippen LogP contribution in [0.1, 0.15) is 0 Å². The van der Waals surface area contributed by atoms with E-state index in [0.717, 1.165) is 71.2 Å². The van der Waals surface area contributed by atoms with Gasteiger partial charge in [0.2, 0.25) is 0 Å². The Bertz CT molecular complexity index is 2010. The van der Waals surface area contributed by atoms with Crippen molar-refractivity contribution in [2.45, 2.75) is 0 Å². The number of pyridine rings is 2. The van der Waals surface area contributed by atoms with Crippen LogP contribution in [0, 0.1) is 0 Å². The van der Waals surface area contributed by atoms with Gasteiger partial charge in [0, 0.05) is 57.1 Å². The van der Waals surface area contributed by atoms with Crippen molar-refractivity contribution >= 4 is 71.2 Å². The largest absolute Gasteiger partial charge is 0.456 e. The van der Waals surface area contributed by atoms with Crippen LogP contribution in [0.3, 0.4) is 0 Å². The van der Waals surface area contributed by atoms with E-state index in [4.69, 9.17) is 8.83 Å². The molecule has 8 rings (SSSR count). The van der Waals surface area contributed by atoms with Crippen LogP contribution in [0.15, 0.2) is 88.2 Å². The maximum Gasteiger partial charge on any atom is 0.160 e. The van der Waals surface area contributed by atoms with Crippen molar-refractivity contribution in [3.8, 4) is 0 Å². The van der Waals surface area contributed by atoms with Gasteiger partial charge < -0.3 is 8.83 Å². The van der Waals surface area contributed by atoms with E-state index >= 15 is 0 Å². The lowest BCUT2D eigenvalue weighted by molar-refractivity contribution is 0.665. The molecule has 3 aromatic carbocycles. The number of hydrogen-bond acceptors (Lipinski definition) is 4. The summed E-state index contributed by atoms with van der Waals surface area (Å²) in [5.41, 5.74) is 5.36. The van der Waals surface area contributed by atoms with Crippen molar-refractivity contribution in [3.05, 3.63) is 79.4 Å². The van der Waals surface area contributed by atoms with Crippen LogP contribution in [0.25, 0.3) is 71.2 Å². The highest BCUT2D eigenvalue weighted by molar-refractivity contribution is 6.23. The third-order valence-electron chi connectivity index (χ3n) is 6.35. The molecule has 0 saturated heterocycles. The summed E-state index contributed by atoms with van der Waals surface area (Å²) < 4.78 is 14.7. The number of rotatable bonds is 0. The quantitative estimate of drug-likeness (QED) is 0.262. The highest BCUT2D eigenvalue weighted by atomic mass is 16.3. The zero-order valence-corrected chi connectivity index (χ0v) is 16.2. The van der Waals surface area contributed by atoms with Gasteiger partial charge in [-0.1, -0.05) is 24.3 Å². The normalized spacial score (nSPS) is 12.5. The van der Waals surface area contributed by atoms with E-state index in [2.05, 4.69) is 44.7 Å². The Morgan fingerprint density at radius 3 is 2.45 bits per heavy atom. The number of furan rings is 2. The molecule has 0 aliphatic rings. The van der Waals surface area contributed by atoms with Crippen molar-refractivity contribution in [1.82, 2.24) is 14.4 Å². The summed E-state index contributed by atoms with van der Waals surface area (Å²) in [6.07, 6.45) is 7.50. The first-order valence-electron chi connectivity index (χ1n) is 10.2. The molecule has 0 N–H and O–H groups in total. The molecule has 0 unspecified atom stereocenters. The molecule has 0 saturated carbocycles. The first kappa shape index (κ1) is 15.5. The van der Waals surface area contributed by atoms with E-state index in [1.54, 1.807) is 0 Å². The molecule has 0 amide bonds. The van der Waals surface area contributed by atoms with Crippen LogP contribution in [0.4, 0.5) is 0 Å². The van der Waals surface area contributed by atoms with E-state index in [1.165, 1.54) is 0 Å². The Morgan fingerprint density at radius 2 is 1.48 bits per heavy atom. The molecule has 0 fully saturated rings. The van der Waals surface area contributed by atoms with Crippen molar-refractivity contribution in [1.29, 1.82) is 0 Å². The zero-order valence-electron chi connectivity index (χ0n) is 16.2. The minimum Gasteiger partial charge on any atom is -0.456 e. The van der Waals surface area contributed by atoms with Gasteiger partial charge in [0.1, 0.15) is 22.4 Å². The molecular weight excluding hydrogens is 386 g/mol. The Kier molecular flexibility index (Phi) is 2.60. The van der Waals surface area contributed by atoms with Gasteiger partial charge in [-0.05, 0) is 35.7 Å². The van der Waals surface area contributed by atoms with Crippen LogP contribution < -0.4 is 0 Å². The van der Waals surface area contributed by atoms with E-state index in [-0.39, 0.29) is 0 Å². The molecule has 0 spiro atoms. The zero-order chi connectivity index (χ0) is 20.1. The molecule has 5 aromatic heterocycles. The van der Waals surface area contributed by atoms with E-state index in [9.17, 15) is 0 Å². The fourth-order valence-electron chi connectivity index (χ4n) is 4.99. The Balaban J connectivity index is 1.61. The van der Waals surface area contributed by atoms with Gasteiger partial charge in [0.25, 0.3) is 0 Å². The lowest BCUT2D eigenvalue weighted by Gasteiger charge is -2.08. The van der Waals surface area contributed by atoms with Gasteiger partial charge in [-0.2, -0.15) is 0 Å². The number of nitrogens with zero attached hydrogens (tertiary/aromatic N) is 3. The number of benzene rings is 3. The van der Waals surface area contributed by atoms with Crippen molar-refractivity contribution < 1.29 is 8.83 Å². The van der Waals surface area contributed by atoms with Crippen LogP contribution in [-0.2, 0) is 0 Å². The lowest BCUT2D eigenvalue weighted by atomic mass is 10.0. The number of para-hydroxylation sites is 1. The molecular formula is C26H13N3O2. The maximum atomic E-state index is 6.51. The van der Waals surface area contributed by atoms with Gasteiger partial charge in [0.15, 0.2) is 5.58 Å². The summed E-state index contributed by atoms with van der Waals surface area (Å²) in [5, 5.41) is 7.53. The van der Waals surface area contributed by atoms with Gasteiger partial charge in [-0.25, -0.2) is 4.98 Å². The summed E-state index contributed by atoms with van der Waals surface area (Å²) in [6.45, 7) is 0. The average Bonchev–Trinajstić information content (AvgIpc) is 3.52. The van der Waals surface area contributed by atoms with Gasteiger partial charge >= 0.3 is 0 Å². The smallest absolute Gasteiger partial charge is 0.160 e. The second kappa shape index (κ2) is 5.21. The standard InChI is InChI=1S/C26H13N3O2/c1-2-4-21-15(3-1)18-11-23-19(12-22(18)30-21)17-6-5-16-14-7-8-27-13-20(14)26-28-9-10-29(26)24(16)25(17)31-23/h1-13H. The van der Waals surface area contributed by atoms with Crippen molar-refractivity contribution in [2.75, 3.05) is 0 Å². The molecule has 5 nitrogen and oxygen atoms in total. The molecule has 0 aliphatic carbocycles. The summed E-state index contributed by atoms with van der Waals surface area (Å²) in [5.74, 6) is 0. The SMILES string of the molecule is c1ccc2c(c1)oc1cc3c(cc12)oc1c3ccc2c3ccncc3c3nccn3c21. The van der Waals surface area contributed by atoms with Gasteiger partial charge in [-0.3, -0.25) is 9.38 Å². The predicted molar refractivity (Wildman–Crippen MR) is 123 cm³/mol. The highest BCUT2D eigenvalue weighted by Crippen LogP contribution is 2.40. The molecule has 5 heteroatoms. The van der Waals surface area contributed by atoms with Gasteiger partial charge in [-0.15, -0.1) is 0 Å². The van der Waals surface area contributed by atoms with Crippen LogP contribution in [-0.4, -0.2) is 14.4 Å². The summed E-state index contributed by atoms with van der Waals surface area (Å²) in [6, 6.07) is 18.6. The molecule has 0 radical (unpaired) electrons. The van der Waals surface area contributed by atoms with Crippen LogP contribution >= 0.6 is 0 Å². The third-order valence-corrected chi connectivity index (χ3v) is 6.35. The molecule has 0 aliphatic heterocycles. The monoisotopic (exact) mass is 399 g/mol. The molecule has 8 aromatic rings. The fourth-order valence-corrected chi connectivity index (χ4v) is 4.99. The molecule has 144 valence electrons. The topological polar surface area (TPSA) is 56.5 Å². The van der Waals surface area contributed by atoms with Crippen molar-refractivity contribution in [3.63, 3.8) is 0 Å². The summed E-state index contributed by atoms with van der Waals surface area (Å²) in [7, 11) is 0. The Hall–Kier alpha value is -4.38. The summed E-state index contributed by atoms with van der Waals surface area (Å²) >= 11 is 0. The van der Waals surface area contributed by atoms with Crippen molar-refractivity contribution in [2.24, 2.45) is 0 Å². The minimum atomic E-state index is 0.852. The first-order valence-corrected chi connectivity index (χ1v) is 10.2. The van der Waals surface area contributed by atoms with Crippen LogP contribution in [0.2, 0.25) is 0 Å². The molecule has 31 heavy (non-hydrogen) atoms. The maximum absolute atomic E-state index is 6.51.